The Morgan fingerprint density at radius 1 is 1.33 bits per heavy atom. The maximum atomic E-state index is 11.3. The first kappa shape index (κ1) is 13.7. The van der Waals surface area contributed by atoms with Gasteiger partial charge in [-0.3, -0.25) is 9.59 Å². The normalized spacial score (nSPS) is 13.3. The van der Waals surface area contributed by atoms with Crippen molar-refractivity contribution < 1.29 is 14.3 Å². The van der Waals surface area contributed by atoms with Crippen molar-refractivity contribution in [1.29, 1.82) is 0 Å². The average molecular weight is 210 g/mol. The summed E-state index contributed by atoms with van der Waals surface area (Å²) in [6.45, 7) is 6.24. The Morgan fingerprint density at radius 2 is 1.93 bits per heavy atom. The van der Waals surface area contributed by atoms with Crippen LogP contribution in [0.4, 0.5) is 0 Å². The van der Waals surface area contributed by atoms with E-state index >= 15 is 0 Å². The molecular formula is C12H18O3. The van der Waals surface area contributed by atoms with Crippen LogP contribution in [0.1, 0.15) is 47.0 Å². The van der Waals surface area contributed by atoms with Crippen LogP contribution in [-0.2, 0) is 14.3 Å². The summed E-state index contributed by atoms with van der Waals surface area (Å²) in [6.07, 6.45) is 2.76. The van der Waals surface area contributed by atoms with Gasteiger partial charge in [0, 0.05) is 13.3 Å². The van der Waals surface area contributed by atoms with Gasteiger partial charge in [0.25, 0.3) is 0 Å². The molecule has 0 rings (SSSR count). The van der Waals surface area contributed by atoms with E-state index < -0.39 is 11.6 Å². The molecule has 3 heteroatoms. The van der Waals surface area contributed by atoms with E-state index in [1.807, 2.05) is 0 Å². The summed E-state index contributed by atoms with van der Waals surface area (Å²) in [5, 5.41) is 0. The quantitative estimate of drug-likeness (QED) is 0.405. The Balaban J connectivity index is 4.55. The maximum Gasteiger partial charge on any atom is 0.304 e. The van der Waals surface area contributed by atoms with Crippen molar-refractivity contribution in [2.45, 2.75) is 52.6 Å². The predicted molar refractivity (Wildman–Crippen MR) is 58.2 cm³/mol. The number of carbonyl (C=O) groups is 2. The van der Waals surface area contributed by atoms with E-state index in [0.717, 1.165) is 19.3 Å². The van der Waals surface area contributed by atoms with E-state index in [2.05, 4.69) is 18.8 Å². The zero-order valence-electron chi connectivity index (χ0n) is 9.85. The second-order valence-electron chi connectivity index (χ2n) is 3.59. The van der Waals surface area contributed by atoms with E-state index in [4.69, 9.17) is 4.74 Å². The topological polar surface area (TPSA) is 43.4 Å². The minimum absolute atomic E-state index is 0.248. The summed E-state index contributed by atoms with van der Waals surface area (Å²) < 4.78 is 4.92. The molecule has 0 aliphatic carbocycles. The second-order valence-corrected chi connectivity index (χ2v) is 3.59. The second kappa shape index (κ2) is 6.23. The van der Waals surface area contributed by atoms with Gasteiger partial charge < -0.3 is 4.74 Å². The highest BCUT2D eigenvalue weighted by Crippen LogP contribution is 2.11. The smallest absolute Gasteiger partial charge is 0.304 e. The molecule has 3 nitrogen and oxygen atoms in total. The molecule has 0 N–H and O–H groups in total. The van der Waals surface area contributed by atoms with Crippen LogP contribution in [0.5, 0.6) is 0 Å². The van der Waals surface area contributed by atoms with Crippen molar-refractivity contribution in [3.05, 3.63) is 0 Å². The fourth-order valence-electron chi connectivity index (χ4n) is 0.969. The largest absolute Gasteiger partial charge is 0.439 e. The lowest BCUT2D eigenvalue weighted by Gasteiger charge is -2.19. The number of esters is 1. The Hall–Kier alpha value is -1.30. The summed E-state index contributed by atoms with van der Waals surface area (Å²) in [5.41, 5.74) is -1.28. The monoisotopic (exact) mass is 210 g/mol. The molecule has 0 aromatic carbocycles. The van der Waals surface area contributed by atoms with Crippen molar-refractivity contribution in [3.8, 4) is 11.8 Å². The van der Waals surface area contributed by atoms with Gasteiger partial charge in [-0.25, -0.2) is 0 Å². The van der Waals surface area contributed by atoms with Crippen LogP contribution in [-0.4, -0.2) is 17.4 Å². The first-order valence-corrected chi connectivity index (χ1v) is 5.13. The summed E-state index contributed by atoms with van der Waals surface area (Å²) in [4.78, 5) is 22.1. The molecule has 0 amide bonds. The molecule has 0 bridgehead atoms. The van der Waals surface area contributed by atoms with Gasteiger partial charge >= 0.3 is 5.97 Å². The number of unbranched alkanes of at least 4 members (excludes halogenated alkanes) is 2. The molecule has 0 spiro atoms. The molecule has 1 atom stereocenters. The Kier molecular flexibility index (Phi) is 5.69. The third-order valence-corrected chi connectivity index (χ3v) is 2.00. The number of Topliss-reactive ketones (excluding diaryl/α,β-unsaturated/α-hetero) is 1. The molecule has 0 radical (unpaired) electrons. The van der Waals surface area contributed by atoms with E-state index in [1.54, 1.807) is 0 Å². The van der Waals surface area contributed by atoms with Gasteiger partial charge in [0.2, 0.25) is 5.60 Å². The van der Waals surface area contributed by atoms with Gasteiger partial charge in [0.05, 0.1) is 0 Å². The lowest BCUT2D eigenvalue weighted by molar-refractivity contribution is -0.157. The minimum atomic E-state index is -1.28. The van der Waals surface area contributed by atoms with E-state index in [9.17, 15) is 9.59 Å². The molecule has 1 unspecified atom stereocenters. The van der Waals surface area contributed by atoms with Crippen LogP contribution in [0, 0.1) is 11.8 Å². The van der Waals surface area contributed by atoms with Crippen LogP contribution in [0.2, 0.25) is 0 Å². The fraction of sp³-hybridized carbons (Fsp3) is 0.667. The van der Waals surface area contributed by atoms with Crippen molar-refractivity contribution in [3.63, 3.8) is 0 Å². The van der Waals surface area contributed by atoms with Crippen LogP contribution in [0.15, 0.2) is 0 Å². The van der Waals surface area contributed by atoms with E-state index in [-0.39, 0.29) is 5.78 Å². The van der Waals surface area contributed by atoms with E-state index in [1.165, 1.54) is 20.8 Å². The molecule has 0 aromatic heterocycles. The first-order valence-electron chi connectivity index (χ1n) is 5.13. The number of ketones is 1. The van der Waals surface area contributed by atoms with Gasteiger partial charge in [0.1, 0.15) is 0 Å². The van der Waals surface area contributed by atoms with Crippen molar-refractivity contribution in [2.24, 2.45) is 0 Å². The Morgan fingerprint density at radius 3 is 2.33 bits per heavy atom. The molecule has 15 heavy (non-hydrogen) atoms. The van der Waals surface area contributed by atoms with Gasteiger partial charge in [-0.05, 0) is 26.2 Å². The minimum Gasteiger partial charge on any atom is -0.439 e. The molecule has 84 valence electrons. The van der Waals surface area contributed by atoms with Gasteiger partial charge in [-0.1, -0.05) is 19.3 Å². The van der Waals surface area contributed by atoms with Crippen molar-refractivity contribution in [2.75, 3.05) is 0 Å². The van der Waals surface area contributed by atoms with Crippen LogP contribution in [0.25, 0.3) is 0 Å². The third kappa shape index (κ3) is 5.21. The van der Waals surface area contributed by atoms with Crippen LogP contribution in [0.3, 0.4) is 0 Å². The average Bonchev–Trinajstić information content (AvgIpc) is 2.11. The third-order valence-electron chi connectivity index (χ3n) is 2.00. The zero-order chi connectivity index (χ0) is 11.9. The van der Waals surface area contributed by atoms with Crippen LogP contribution < -0.4 is 0 Å². The van der Waals surface area contributed by atoms with Gasteiger partial charge in [-0.15, -0.1) is 0 Å². The molecule has 0 fully saturated rings. The Bertz CT molecular complexity index is 296. The van der Waals surface area contributed by atoms with Gasteiger partial charge in [-0.2, -0.15) is 0 Å². The molecule has 0 aromatic rings. The number of hydrogen-bond donors (Lipinski definition) is 0. The molecule has 0 aliphatic rings. The molecule has 0 saturated heterocycles. The molecule has 0 saturated carbocycles. The molecule has 0 heterocycles. The van der Waals surface area contributed by atoms with Crippen molar-refractivity contribution >= 4 is 11.8 Å². The van der Waals surface area contributed by atoms with Crippen molar-refractivity contribution in [1.82, 2.24) is 0 Å². The fourth-order valence-corrected chi connectivity index (χ4v) is 0.969. The first-order chi connectivity index (χ1) is 6.92. The standard InChI is InChI=1S/C12H18O3/c1-5-6-7-8-9-12(4,10(2)13)15-11(3)14/h5-7H2,1-4H3. The van der Waals surface area contributed by atoms with Crippen LogP contribution >= 0.6 is 0 Å². The summed E-state index contributed by atoms with van der Waals surface area (Å²) in [6, 6.07) is 0. The number of carbonyl (C=O) groups excluding carboxylic acids is 2. The lowest BCUT2D eigenvalue weighted by Crippen LogP contribution is -2.36. The van der Waals surface area contributed by atoms with E-state index in [0.29, 0.717) is 0 Å². The SMILES string of the molecule is CCCCC#CC(C)(OC(C)=O)C(C)=O. The predicted octanol–water partition coefficient (Wildman–Crippen LogP) is 2.09. The zero-order valence-corrected chi connectivity index (χ0v) is 9.85. The number of ether oxygens (including phenoxy) is 1. The number of rotatable bonds is 4. The highest BCUT2D eigenvalue weighted by molar-refractivity contribution is 5.90. The summed E-state index contributed by atoms with van der Waals surface area (Å²) >= 11 is 0. The maximum absolute atomic E-state index is 11.3. The molecule has 0 aliphatic heterocycles. The van der Waals surface area contributed by atoms with Gasteiger partial charge in [0.15, 0.2) is 5.78 Å². The highest BCUT2D eigenvalue weighted by atomic mass is 16.6. The summed E-state index contributed by atoms with van der Waals surface area (Å²) in [7, 11) is 0. The molecular weight excluding hydrogens is 192 g/mol. The lowest BCUT2D eigenvalue weighted by atomic mass is 10.0. The highest BCUT2D eigenvalue weighted by Gasteiger charge is 2.30. The summed E-state index contributed by atoms with van der Waals surface area (Å²) in [5.74, 6) is 4.85. The number of hydrogen-bond acceptors (Lipinski definition) is 3. The Labute approximate surface area is 91.2 Å².